The van der Waals surface area contributed by atoms with Crippen molar-refractivity contribution < 1.29 is 9.21 Å². The van der Waals surface area contributed by atoms with Crippen LogP contribution in [-0.4, -0.2) is 32.6 Å². The van der Waals surface area contributed by atoms with E-state index in [1.54, 1.807) is 6.07 Å². The van der Waals surface area contributed by atoms with Crippen molar-refractivity contribution in [2.45, 2.75) is 45.2 Å². The van der Waals surface area contributed by atoms with Gasteiger partial charge in [0.25, 0.3) is 5.91 Å². The summed E-state index contributed by atoms with van der Waals surface area (Å²) in [4.78, 5) is 12.4. The molecule has 0 spiro atoms. The summed E-state index contributed by atoms with van der Waals surface area (Å²) in [6, 6.07) is 20.2. The van der Waals surface area contributed by atoms with Crippen LogP contribution in [0.2, 0.25) is 0 Å². The molecule has 2 aromatic carbocycles. The first-order valence-corrected chi connectivity index (χ1v) is 12.3. The maximum atomic E-state index is 12.4. The maximum Gasteiger partial charge on any atom is 0.250 e. The topological polar surface area (TPSA) is 85.3 Å². The first kappa shape index (κ1) is 24.5. The highest BCUT2D eigenvalue weighted by Crippen LogP contribution is 2.30. The number of carbonyl (C=O) groups is 1. The third kappa shape index (κ3) is 6.08. The number of nitrogens with zero attached hydrogens (tertiary/aromatic N) is 4. The minimum absolute atomic E-state index is 0.0653. The number of aryl methyl sites for hydroxylation is 2. The van der Waals surface area contributed by atoms with Gasteiger partial charge in [-0.3, -0.25) is 9.36 Å². The highest BCUT2D eigenvalue weighted by molar-refractivity contribution is 7.99. The number of furan rings is 1. The number of benzene rings is 2. The average molecular weight is 488 g/mol. The van der Waals surface area contributed by atoms with Crippen LogP contribution in [0, 0.1) is 13.8 Å². The lowest BCUT2D eigenvalue weighted by atomic mass is 9.87. The average Bonchev–Trinajstić information content (AvgIpc) is 3.44. The zero-order chi connectivity index (χ0) is 25.0. The molecule has 4 aromatic rings. The van der Waals surface area contributed by atoms with Crippen LogP contribution in [0.4, 0.5) is 0 Å². The number of hydrogen-bond donors (Lipinski definition) is 1. The molecule has 0 aliphatic carbocycles. The summed E-state index contributed by atoms with van der Waals surface area (Å²) >= 11 is 1.31. The molecule has 1 amide bonds. The Morgan fingerprint density at radius 1 is 1.03 bits per heavy atom. The largest absolute Gasteiger partial charge is 0.460 e. The fourth-order valence-electron chi connectivity index (χ4n) is 3.45. The Morgan fingerprint density at radius 2 is 1.74 bits per heavy atom. The third-order valence-corrected chi connectivity index (χ3v) is 6.34. The molecule has 0 atom stereocenters. The van der Waals surface area contributed by atoms with Crippen molar-refractivity contribution in [1.82, 2.24) is 20.2 Å². The van der Waals surface area contributed by atoms with E-state index in [1.807, 2.05) is 48.7 Å². The van der Waals surface area contributed by atoms with Crippen molar-refractivity contribution in [3.05, 3.63) is 83.3 Å². The lowest BCUT2D eigenvalue weighted by Crippen LogP contribution is -2.19. The van der Waals surface area contributed by atoms with E-state index in [9.17, 15) is 4.79 Å². The van der Waals surface area contributed by atoms with Gasteiger partial charge in [0.05, 0.1) is 12.0 Å². The Hall–Kier alpha value is -3.65. The van der Waals surface area contributed by atoms with Gasteiger partial charge in [0.15, 0.2) is 11.0 Å². The van der Waals surface area contributed by atoms with Crippen LogP contribution in [-0.2, 0) is 10.2 Å². The van der Waals surface area contributed by atoms with E-state index in [-0.39, 0.29) is 17.1 Å². The van der Waals surface area contributed by atoms with Gasteiger partial charge in [-0.25, -0.2) is 5.43 Å². The number of hydrogen-bond acceptors (Lipinski definition) is 6. The van der Waals surface area contributed by atoms with Crippen molar-refractivity contribution in [3.8, 4) is 17.1 Å². The van der Waals surface area contributed by atoms with Crippen LogP contribution in [0.25, 0.3) is 17.1 Å². The van der Waals surface area contributed by atoms with Crippen LogP contribution in [0.5, 0.6) is 0 Å². The molecule has 4 rings (SSSR count). The van der Waals surface area contributed by atoms with Gasteiger partial charge in [-0.2, -0.15) is 5.10 Å². The zero-order valence-corrected chi connectivity index (χ0v) is 21.4. The molecule has 35 heavy (non-hydrogen) atoms. The first-order valence-electron chi connectivity index (χ1n) is 11.4. The van der Waals surface area contributed by atoms with E-state index in [0.717, 1.165) is 28.4 Å². The van der Waals surface area contributed by atoms with E-state index in [0.29, 0.717) is 10.9 Å². The second kappa shape index (κ2) is 10.3. The highest BCUT2D eigenvalue weighted by atomic mass is 32.2. The van der Waals surface area contributed by atoms with Crippen molar-refractivity contribution in [1.29, 1.82) is 0 Å². The van der Waals surface area contributed by atoms with E-state index in [1.165, 1.54) is 23.5 Å². The number of nitrogens with one attached hydrogen (secondary N) is 1. The van der Waals surface area contributed by atoms with E-state index >= 15 is 0 Å². The summed E-state index contributed by atoms with van der Waals surface area (Å²) in [5.41, 5.74) is 6.90. The number of hydrazone groups is 1. The normalized spacial score (nSPS) is 11.8. The molecule has 0 aliphatic heterocycles. The molecular weight excluding hydrogens is 458 g/mol. The predicted molar refractivity (Wildman–Crippen MR) is 140 cm³/mol. The molecule has 0 saturated carbocycles. The summed E-state index contributed by atoms with van der Waals surface area (Å²) in [5, 5.41) is 13.5. The third-order valence-electron chi connectivity index (χ3n) is 5.41. The molecule has 2 aromatic heterocycles. The van der Waals surface area contributed by atoms with Crippen molar-refractivity contribution in [3.63, 3.8) is 0 Å². The molecule has 0 bridgehead atoms. The fourth-order valence-corrected chi connectivity index (χ4v) is 4.19. The van der Waals surface area contributed by atoms with Crippen molar-refractivity contribution >= 4 is 23.9 Å². The predicted octanol–water partition coefficient (Wildman–Crippen LogP) is 5.68. The fraction of sp³-hybridized carbons (Fsp3) is 0.259. The molecule has 7 nitrogen and oxygen atoms in total. The molecule has 0 unspecified atom stereocenters. The Kier molecular flexibility index (Phi) is 7.21. The van der Waals surface area contributed by atoms with Crippen LogP contribution in [0.3, 0.4) is 0 Å². The summed E-state index contributed by atoms with van der Waals surface area (Å²) in [6.45, 7) is 10.5. The monoisotopic (exact) mass is 487 g/mol. The number of thioether (sulfide) groups is 1. The van der Waals surface area contributed by atoms with Gasteiger partial charge in [-0.05, 0) is 49.1 Å². The summed E-state index contributed by atoms with van der Waals surface area (Å²) in [6.07, 6.45) is 1.48. The first-order chi connectivity index (χ1) is 16.7. The van der Waals surface area contributed by atoms with Gasteiger partial charge < -0.3 is 4.42 Å². The second-order valence-electron chi connectivity index (χ2n) is 9.33. The van der Waals surface area contributed by atoms with Crippen LogP contribution >= 0.6 is 11.8 Å². The van der Waals surface area contributed by atoms with Gasteiger partial charge in [0, 0.05) is 11.3 Å². The van der Waals surface area contributed by atoms with Gasteiger partial charge in [0.2, 0.25) is 0 Å². The van der Waals surface area contributed by atoms with Gasteiger partial charge in [-0.1, -0.05) is 74.5 Å². The molecule has 0 saturated heterocycles. The number of aromatic nitrogens is 3. The Bertz CT molecular complexity index is 1330. The number of amides is 1. The standard InChI is InChI=1S/C27H29N5O2S/c1-18-6-13-22(14-7-18)32-25(20-9-11-21(12-10-20)27(3,4)5)30-31-26(32)35-17-24(33)29-28-16-23-15-8-19(2)34-23/h6-16H,17H2,1-5H3,(H,29,33)/b28-16-. The molecule has 0 aliphatic rings. The van der Waals surface area contributed by atoms with Crippen molar-refractivity contribution in [2.75, 3.05) is 5.75 Å². The smallest absolute Gasteiger partial charge is 0.250 e. The zero-order valence-electron chi connectivity index (χ0n) is 20.6. The molecule has 1 N–H and O–H groups in total. The minimum Gasteiger partial charge on any atom is -0.460 e. The molecule has 180 valence electrons. The summed E-state index contributed by atoms with van der Waals surface area (Å²) in [7, 11) is 0. The maximum absolute atomic E-state index is 12.4. The van der Waals surface area contributed by atoms with Gasteiger partial charge >= 0.3 is 0 Å². The highest BCUT2D eigenvalue weighted by Gasteiger charge is 2.19. The van der Waals surface area contributed by atoms with E-state index in [2.05, 4.69) is 65.8 Å². The SMILES string of the molecule is Cc1ccc(-n2c(SCC(=O)N/N=C\c3ccc(C)o3)nnc2-c2ccc(C(C)(C)C)cc2)cc1. The number of carbonyl (C=O) groups excluding carboxylic acids is 1. The van der Waals surface area contributed by atoms with Crippen LogP contribution < -0.4 is 5.43 Å². The summed E-state index contributed by atoms with van der Waals surface area (Å²) < 4.78 is 7.40. The Morgan fingerprint density at radius 3 is 2.37 bits per heavy atom. The van der Waals surface area contributed by atoms with Crippen molar-refractivity contribution in [2.24, 2.45) is 5.10 Å². The Labute approximate surface area is 209 Å². The van der Waals surface area contributed by atoms with Crippen LogP contribution in [0.1, 0.15) is 43.4 Å². The van der Waals surface area contributed by atoms with Gasteiger partial charge in [0.1, 0.15) is 11.5 Å². The van der Waals surface area contributed by atoms with Crippen LogP contribution in [0.15, 0.2) is 75.3 Å². The molecular formula is C27H29N5O2S. The molecule has 0 radical (unpaired) electrons. The number of rotatable bonds is 7. The minimum atomic E-state index is -0.246. The Balaban J connectivity index is 1.55. The lowest BCUT2D eigenvalue weighted by molar-refractivity contribution is -0.118. The quantitative estimate of drug-likeness (QED) is 0.206. The molecule has 8 heteroatoms. The molecule has 0 fully saturated rings. The lowest BCUT2D eigenvalue weighted by Gasteiger charge is -2.19. The van der Waals surface area contributed by atoms with E-state index in [4.69, 9.17) is 4.42 Å². The van der Waals surface area contributed by atoms with Gasteiger partial charge in [-0.15, -0.1) is 10.2 Å². The second-order valence-corrected chi connectivity index (χ2v) is 10.3. The summed E-state index contributed by atoms with van der Waals surface area (Å²) in [5.74, 6) is 1.98. The van der Waals surface area contributed by atoms with E-state index < -0.39 is 0 Å². The molecule has 2 heterocycles.